The molecular formula is C42H27NS2. The van der Waals surface area contributed by atoms with E-state index in [1.165, 1.54) is 63.4 Å². The number of nitrogens with zero attached hydrogens (tertiary/aromatic N) is 1. The van der Waals surface area contributed by atoms with Gasteiger partial charge in [0.15, 0.2) is 0 Å². The smallest absolute Gasteiger partial charge is 0.0709 e. The van der Waals surface area contributed by atoms with Gasteiger partial charge in [0.05, 0.1) is 11.4 Å². The molecule has 2 aliphatic rings. The van der Waals surface area contributed by atoms with Gasteiger partial charge in [0, 0.05) is 30.7 Å². The van der Waals surface area contributed by atoms with Crippen LogP contribution < -0.4 is 0 Å². The van der Waals surface area contributed by atoms with Crippen LogP contribution in [0.5, 0.6) is 0 Å². The molecule has 0 N–H and O–H groups in total. The quantitative estimate of drug-likeness (QED) is 0.185. The average molecular weight is 610 g/mol. The summed E-state index contributed by atoms with van der Waals surface area (Å²) in [6, 6.07) is 46.3. The van der Waals surface area contributed by atoms with E-state index in [0.29, 0.717) is 0 Å². The number of aromatic nitrogens is 1. The third kappa shape index (κ3) is 4.71. The van der Waals surface area contributed by atoms with Crippen LogP contribution in [-0.4, -0.2) is 4.98 Å². The maximum atomic E-state index is 5.21. The second kappa shape index (κ2) is 11.0. The van der Waals surface area contributed by atoms with E-state index in [-0.39, 0.29) is 0 Å². The van der Waals surface area contributed by atoms with E-state index in [1.807, 2.05) is 23.5 Å². The standard InChI is InChI=1S/C42H27NS2/c1-3-10-27(11-4-1)28-18-21-33-34-22-19-29(25-36(34)32-13-6-2-5-12-31(32)35(33)24-28)37-14-9-15-38(43-37)30-20-23-41-42(26-30)45-40-17-8-7-16-39(40)44-41/h1-12,14-26H,13H2. The molecule has 6 aromatic carbocycles. The molecule has 1 aliphatic heterocycles. The Balaban J connectivity index is 1.14. The highest BCUT2D eigenvalue weighted by Gasteiger charge is 2.18. The van der Waals surface area contributed by atoms with Crippen LogP contribution in [0.4, 0.5) is 0 Å². The molecule has 0 atom stereocenters. The van der Waals surface area contributed by atoms with Crippen molar-refractivity contribution < 1.29 is 0 Å². The molecule has 0 saturated heterocycles. The normalized spacial score (nSPS) is 13.3. The zero-order valence-electron chi connectivity index (χ0n) is 24.4. The topological polar surface area (TPSA) is 12.9 Å². The molecule has 1 nitrogen and oxygen atoms in total. The van der Waals surface area contributed by atoms with E-state index in [4.69, 9.17) is 4.98 Å². The Morgan fingerprint density at radius 3 is 1.91 bits per heavy atom. The van der Waals surface area contributed by atoms with E-state index in [1.54, 1.807) is 0 Å². The van der Waals surface area contributed by atoms with Crippen molar-refractivity contribution in [2.45, 2.75) is 26.0 Å². The Labute approximate surface area is 271 Å². The maximum Gasteiger partial charge on any atom is 0.0709 e. The molecule has 0 saturated carbocycles. The minimum atomic E-state index is 0.898. The lowest BCUT2D eigenvalue weighted by atomic mass is 9.87. The summed E-state index contributed by atoms with van der Waals surface area (Å²) in [6.07, 6.45) is 9.79. The third-order valence-electron chi connectivity index (χ3n) is 8.78. The average Bonchev–Trinajstić information content (AvgIpc) is 3.37. The Kier molecular flexibility index (Phi) is 6.47. The fourth-order valence-corrected chi connectivity index (χ4v) is 8.83. The predicted molar refractivity (Wildman–Crippen MR) is 192 cm³/mol. The molecule has 1 aromatic heterocycles. The van der Waals surface area contributed by atoms with Crippen molar-refractivity contribution in [1.29, 1.82) is 0 Å². The molecule has 3 heteroatoms. The zero-order valence-corrected chi connectivity index (χ0v) is 26.0. The summed E-state index contributed by atoms with van der Waals surface area (Å²) in [5.74, 6) is 0. The van der Waals surface area contributed by atoms with Gasteiger partial charge in [-0.2, -0.15) is 0 Å². The molecule has 0 spiro atoms. The van der Waals surface area contributed by atoms with Crippen LogP contribution in [0.2, 0.25) is 0 Å². The summed E-state index contributed by atoms with van der Waals surface area (Å²) in [5, 5.41) is 5.18. The first-order valence-corrected chi connectivity index (χ1v) is 16.9. The van der Waals surface area contributed by atoms with E-state index in [0.717, 1.165) is 28.9 Å². The van der Waals surface area contributed by atoms with Gasteiger partial charge in [0.2, 0.25) is 0 Å². The summed E-state index contributed by atoms with van der Waals surface area (Å²) < 4.78 is 0. The Morgan fingerprint density at radius 1 is 0.444 bits per heavy atom. The van der Waals surface area contributed by atoms with Crippen LogP contribution in [-0.2, 0) is 6.42 Å². The van der Waals surface area contributed by atoms with Gasteiger partial charge in [-0.25, -0.2) is 4.98 Å². The molecular weight excluding hydrogens is 583 g/mol. The van der Waals surface area contributed by atoms with E-state index in [2.05, 4.69) is 152 Å². The van der Waals surface area contributed by atoms with Gasteiger partial charge in [-0.1, -0.05) is 127 Å². The summed E-state index contributed by atoms with van der Waals surface area (Å²) in [5.41, 5.74) is 9.45. The number of hydrogen-bond acceptors (Lipinski definition) is 3. The first-order chi connectivity index (χ1) is 22.3. The lowest BCUT2D eigenvalue weighted by Gasteiger charge is -2.19. The van der Waals surface area contributed by atoms with Crippen LogP contribution in [0.25, 0.3) is 61.3 Å². The molecule has 212 valence electrons. The molecule has 0 unspecified atom stereocenters. The molecule has 0 fully saturated rings. The van der Waals surface area contributed by atoms with Gasteiger partial charge in [0.1, 0.15) is 0 Å². The van der Waals surface area contributed by atoms with Crippen molar-refractivity contribution in [1.82, 2.24) is 4.98 Å². The largest absolute Gasteiger partial charge is 0.248 e. The van der Waals surface area contributed by atoms with Gasteiger partial charge in [-0.3, -0.25) is 0 Å². The molecule has 9 rings (SSSR count). The lowest BCUT2D eigenvalue weighted by Crippen LogP contribution is -1.95. The van der Waals surface area contributed by atoms with Crippen LogP contribution >= 0.6 is 23.5 Å². The van der Waals surface area contributed by atoms with Crippen molar-refractivity contribution in [3.63, 3.8) is 0 Å². The summed E-state index contributed by atoms with van der Waals surface area (Å²) in [4.78, 5) is 10.4. The van der Waals surface area contributed by atoms with Gasteiger partial charge < -0.3 is 0 Å². The summed E-state index contributed by atoms with van der Waals surface area (Å²) >= 11 is 3.70. The first kappa shape index (κ1) is 26.6. The van der Waals surface area contributed by atoms with E-state index >= 15 is 0 Å². The van der Waals surface area contributed by atoms with Gasteiger partial charge in [0.25, 0.3) is 0 Å². The van der Waals surface area contributed by atoms with Gasteiger partial charge in [-0.05, 0) is 98.8 Å². The van der Waals surface area contributed by atoms with Crippen molar-refractivity contribution in [3.05, 3.63) is 157 Å². The minimum Gasteiger partial charge on any atom is -0.248 e. The highest BCUT2D eigenvalue weighted by molar-refractivity contribution is 8.05. The molecule has 2 heterocycles. The predicted octanol–water partition coefficient (Wildman–Crippen LogP) is 12.1. The number of allylic oxidation sites excluding steroid dienone is 3. The number of fused-ring (bicyclic) bond motifs is 8. The van der Waals surface area contributed by atoms with E-state index < -0.39 is 0 Å². The van der Waals surface area contributed by atoms with Crippen molar-refractivity contribution in [2.75, 3.05) is 0 Å². The number of rotatable bonds is 3. The van der Waals surface area contributed by atoms with Crippen LogP contribution in [0.1, 0.15) is 11.1 Å². The number of pyridine rings is 1. The monoisotopic (exact) mass is 609 g/mol. The van der Waals surface area contributed by atoms with Crippen molar-refractivity contribution in [2.24, 2.45) is 0 Å². The maximum absolute atomic E-state index is 5.21. The van der Waals surface area contributed by atoms with Gasteiger partial charge in [-0.15, -0.1) is 0 Å². The first-order valence-electron chi connectivity index (χ1n) is 15.3. The van der Waals surface area contributed by atoms with Crippen LogP contribution in [0, 0.1) is 0 Å². The summed E-state index contributed by atoms with van der Waals surface area (Å²) in [6.45, 7) is 0. The van der Waals surface area contributed by atoms with Crippen molar-refractivity contribution >= 4 is 51.1 Å². The Bertz CT molecular complexity index is 2350. The number of benzene rings is 6. The molecule has 0 amide bonds. The fourth-order valence-electron chi connectivity index (χ4n) is 6.58. The lowest BCUT2D eigenvalue weighted by molar-refractivity contribution is 1.15. The second-order valence-corrected chi connectivity index (χ2v) is 13.7. The molecule has 0 radical (unpaired) electrons. The fraction of sp³-hybridized carbons (Fsp3) is 0.0238. The van der Waals surface area contributed by atoms with Crippen LogP contribution in [0.3, 0.4) is 0 Å². The Morgan fingerprint density at radius 2 is 1.09 bits per heavy atom. The van der Waals surface area contributed by atoms with Crippen molar-refractivity contribution in [3.8, 4) is 33.6 Å². The Hall–Kier alpha value is -4.83. The second-order valence-electron chi connectivity index (χ2n) is 11.5. The van der Waals surface area contributed by atoms with Crippen LogP contribution in [0.15, 0.2) is 165 Å². The number of hydrogen-bond donors (Lipinski definition) is 0. The highest BCUT2D eigenvalue weighted by atomic mass is 32.2. The SMILES string of the molecule is C1=CCc2c(c3cc(-c4ccccc4)ccc3c3ccc(-c4cccc(-c5ccc6c(c5)Sc5ccccc5S6)n4)cc23)C=C1. The third-order valence-corrected chi connectivity index (χ3v) is 11.3. The van der Waals surface area contributed by atoms with E-state index in [9.17, 15) is 0 Å². The molecule has 7 aromatic rings. The van der Waals surface area contributed by atoms with Gasteiger partial charge >= 0.3 is 0 Å². The molecule has 45 heavy (non-hydrogen) atoms. The highest BCUT2D eigenvalue weighted by Crippen LogP contribution is 2.49. The molecule has 0 bridgehead atoms. The minimum absolute atomic E-state index is 0.898. The zero-order chi connectivity index (χ0) is 29.7. The molecule has 1 aliphatic carbocycles. The summed E-state index contributed by atoms with van der Waals surface area (Å²) in [7, 11) is 0.